The van der Waals surface area contributed by atoms with E-state index in [1.165, 1.54) is 0 Å². The van der Waals surface area contributed by atoms with Crippen LogP contribution in [-0.2, 0) is 0 Å². The van der Waals surface area contributed by atoms with Gasteiger partial charge in [0.05, 0.1) is 0 Å². The maximum atomic E-state index is 11.9. The molecule has 0 N–H and O–H groups in total. The molecule has 0 atom stereocenters. The molecule has 0 bridgehead atoms. The van der Waals surface area contributed by atoms with Gasteiger partial charge >= 0.3 is 0 Å². The molecule has 0 aliphatic heterocycles. The monoisotopic (exact) mass is 150 g/mol. The fourth-order valence-corrected chi connectivity index (χ4v) is 1.39. The number of alkyl halides is 2. The van der Waals surface area contributed by atoms with E-state index in [1.54, 1.807) is 0 Å². The molecule has 1 saturated carbocycles. The first kappa shape index (κ1) is 9.86. The Morgan fingerprint density at radius 1 is 1.00 bits per heavy atom. The standard InChI is InChI=1S/C7H12F2.CH4/c8-7(9)6-4-2-1-3-5-6;/h6-7H,1-5H2;1H4. The first-order valence-corrected chi connectivity index (χ1v) is 3.59. The van der Waals surface area contributed by atoms with Crippen LogP contribution in [0.15, 0.2) is 0 Å². The van der Waals surface area contributed by atoms with E-state index in [0.29, 0.717) is 0 Å². The number of rotatable bonds is 1. The molecule has 0 nitrogen and oxygen atoms in total. The smallest absolute Gasteiger partial charge is 0.210 e. The van der Waals surface area contributed by atoms with Crippen molar-refractivity contribution in [3.63, 3.8) is 0 Å². The molecule has 0 amide bonds. The van der Waals surface area contributed by atoms with Crippen LogP contribution in [0.3, 0.4) is 0 Å². The van der Waals surface area contributed by atoms with Crippen LogP contribution in [0.4, 0.5) is 8.78 Å². The average Bonchev–Trinajstić information content (AvgIpc) is 1.90. The van der Waals surface area contributed by atoms with E-state index in [9.17, 15) is 8.78 Å². The summed E-state index contributed by atoms with van der Waals surface area (Å²) in [6.07, 6.45) is 2.60. The summed E-state index contributed by atoms with van der Waals surface area (Å²) >= 11 is 0. The SMILES string of the molecule is C.FC(F)C1CCCCC1. The first-order chi connectivity index (χ1) is 4.30. The Bertz CT molecular complexity index is 75.3. The molecular formula is C8H16F2. The van der Waals surface area contributed by atoms with Gasteiger partial charge in [0.25, 0.3) is 0 Å². The number of hydrogen-bond donors (Lipinski definition) is 0. The molecule has 0 unspecified atom stereocenters. The van der Waals surface area contributed by atoms with E-state index in [0.717, 1.165) is 32.1 Å². The molecule has 0 heterocycles. The van der Waals surface area contributed by atoms with Crippen molar-refractivity contribution >= 4 is 0 Å². The Hall–Kier alpha value is -0.140. The quantitative estimate of drug-likeness (QED) is 0.537. The minimum atomic E-state index is -2.06. The number of hydrogen-bond acceptors (Lipinski definition) is 0. The largest absolute Gasteiger partial charge is 0.241 e. The highest BCUT2D eigenvalue weighted by molar-refractivity contribution is 4.66. The zero-order chi connectivity index (χ0) is 6.69. The van der Waals surface area contributed by atoms with Gasteiger partial charge in [0.15, 0.2) is 0 Å². The molecule has 0 radical (unpaired) electrons. The van der Waals surface area contributed by atoms with Crippen molar-refractivity contribution in [3.05, 3.63) is 0 Å². The van der Waals surface area contributed by atoms with E-state index in [-0.39, 0.29) is 13.3 Å². The highest BCUT2D eigenvalue weighted by Gasteiger charge is 2.21. The van der Waals surface area contributed by atoms with Crippen LogP contribution in [0.25, 0.3) is 0 Å². The van der Waals surface area contributed by atoms with Crippen molar-refractivity contribution in [2.45, 2.75) is 46.0 Å². The molecule has 1 rings (SSSR count). The average molecular weight is 150 g/mol. The zero-order valence-corrected chi connectivity index (χ0v) is 5.45. The van der Waals surface area contributed by atoms with Crippen LogP contribution in [0.2, 0.25) is 0 Å². The second-order valence-corrected chi connectivity index (χ2v) is 2.73. The van der Waals surface area contributed by atoms with Gasteiger partial charge in [0.1, 0.15) is 0 Å². The molecule has 2 heteroatoms. The lowest BCUT2D eigenvalue weighted by molar-refractivity contribution is 0.0563. The molecule has 10 heavy (non-hydrogen) atoms. The summed E-state index contributed by atoms with van der Waals surface area (Å²) in [4.78, 5) is 0. The van der Waals surface area contributed by atoms with Gasteiger partial charge in [-0.1, -0.05) is 26.7 Å². The summed E-state index contributed by atoms with van der Waals surface area (Å²) in [7, 11) is 0. The Morgan fingerprint density at radius 3 is 1.80 bits per heavy atom. The fourth-order valence-electron chi connectivity index (χ4n) is 1.39. The van der Waals surface area contributed by atoms with Gasteiger partial charge < -0.3 is 0 Å². The molecule has 0 saturated heterocycles. The third-order valence-corrected chi connectivity index (χ3v) is 2.01. The lowest BCUT2D eigenvalue weighted by Gasteiger charge is -2.19. The molecule has 0 aromatic rings. The minimum Gasteiger partial charge on any atom is -0.210 e. The molecule has 0 spiro atoms. The maximum absolute atomic E-state index is 11.9. The van der Waals surface area contributed by atoms with Crippen molar-refractivity contribution in [3.8, 4) is 0 Å². The van der Waals surface area contributed by atoms with Crippen LogP contribution in [-0.4, -0.2) is 6.43 Å². The van der Waals surface area contributed by atoms with Crippen LogP contribution in [0.5, 0.6) is 0 Å². The summed E-state index contributed by atoms with van der Waals surface area (Å²) in [6, 6.07) is 0. The van der Waals surface area contributed by atoms with Gasteiger partial charge in [0, 0.05) is 5.92 Å². The van der Waals surface area contributed by atoms with Gasteiger partial charge in [-0.15, -0.1) is 0 Å². The van der Waals surface area contributed by atoms with Crippen LogP contribution < -0.4 is 0 Å². The molecule has 0 aromatic heterocycles. The van der Waals surface area contributed by atoms with E-state index in [2.05, 4.69) is 0 Å². The highest BCUT2D eigenvalue weighted by Crippen LogP contribution is 2.28. The van der Waals surface area contributed by atoms with Crippen molar-refractivity contribution < 1.29 is 8.78 Å². The molecular weight excluding hydrogens is 134 g/mol. The second kappa shape index (κ2) is 4.64. The Morgan fingerprint density at radius 2 is 1.50 bits per heavy atom. The summed E-state index contributed by atoms with van der Waals surface area (Å²) in [6.45, 7) is 0. The van der Waals surface area contributed by atoms with Gasteiger partial charge in [-0.3, -0.25) is 0 Å². The van der Waals surface area contributed by atoms with E-state index >= 15 is 0 Å². The van der Waals surface area contributed by atoms with Crippen molar-refractivity contribution in [1.82, 2.24) is 0 Å². The normalized spacial score (nSPS) is 20.7. The highest BCUT2D eigenvalue weighted by atomic mass is 19.3. The summed E-state index contributed by atoms with van der Waals surface area (Å²) in [5.74, 6) is -0.279. The van der Waals surface area contributed by atoms with Crippen LogP contribution >= 0.6 is 0 Å². The zero-order valence-electron chi connectivity index (χ0n) is 5.45. The summed E-state index contributed by atoms with van der Waals surface area (Å²) in [5, 5.41) is 0. The summed E-state index contributed by atoms with van der Waals surface area (Å²) in [5.41, 5.74) is 0. The van der Waals surface area contributed by atoms with E-state index < -0.39 is 6.43 Å². The van der Waals surface area contributed by atoms with Crippen molar-refractivity contribution in [1.29, 1.82) is 0 Å². The lowest BCUT2D eigenvalue weighted by Crippen LogP contribution is -2.14. The second-order valence-electron chi connectivity index (χ2n) is 2.73. The minimum absolute atomic E-state index is 0. The van der Waals surface area contributed by atoms with Gasteiger partial charge in [0.2, 0.25) is 6.43 Å². The fraction of sp³-hybridized carbons (Fsp3) is 1.00. The maximum Gasteiger partial charge on any atom is 0.241 e. The third-order valence-electron chi connectivity index (χ3n) is 2.01. The van der Waals surface area contributed by atoms with Crippen LogP contribution in [0, 0.1) is 5.92 Å². The topological polar surface area (TPSA) is 0 Å². The van der Waals surface area contributed by atoms with E-state index in [1.807, 2.05) is 0 Å². The molecule has 1 aliphatic rings. The Kier molecular flexibility index (Phi) is 4.58. The predicted octanol–water partition coefficient (Wildman–Crippen LogP) is 3.47. The first-order valence-electron chi connectivity index (χ1n) is 3.59. The third kappa shape index (κ3) is 2.63. The molecule has 1 aliphatic carbocycles. The molecule has 1 fully saturated rings. The Balaban J connectivity index is 0.000000810. The summed E-state index contributed by atoms with van der Waals surface area (Å²) < 4.78 is 23.8. The molecule has 0 aromatic carbocycles. The van der Waals surface area contributed by atoms with Gasteiger partial charge in [-0.05, 0) is 12.8 Å². The van der Waals surface area contributed by atoms with Gasteiger partial charge in [-0.25, -0.2) is 8.78 Å². The van der Waals surface area contributed by atoms with Gasteiger partial charge in [-0.2, -0.15) is 0 Å². The number of halogens is 2. The Labute approximate surface area is 61.6 Å². The molecule has 62 valence electrons. The van der Waals surface area contributed by atoms with Crippen molar-refractivity contribution in [2.75, 3.05) is 0 Å². The lowest BCUT2D eigenvalue weighted by atomic mass is 9.90. The van der Waals surface area contributed by atoms with Crippen LogP contribution in [0.1, 0.15) is 39.5 Å². The van der Waals surface area contributed by atoms with E-state index in [4.69, 9.17) is 0 Å². The van der Waals surface area contributed by atoms with Crippen molar-refractivity contribution in [2.24, 2.45) is 5.92 Å². The predicted molar refractivity (Wildman–Crippen MR) is 39.3 cm³/mol.